The second-order valence-electron chi connectivity index (χ2n) is 12.4. The highest BCUT2D eigenvalue weighted by atomic mass is 16.5. The molecule has 34 heavy (non-hydrogen) atoms. The van der Waals surface area contributed by atoms with E-state index in [1.54, 1.807) is 6.20 Å². The standard InChI is InChI=1S/C29H45N3O2/c1-4-20(18-32-22(17-30)12-15-31-32)26-8-9-27-25-7-6-21-16-29(33,19-34-5-2)14-11-23(21)24(25)10-13-28(26,27)3/h12,15,20-21,23-27,33H,4-11,13-14,16,18-19H2,1-3H3/t20-,21+,23-,24+,25+,26?,27-,28+,29+/m0/s1. The van der Waals surface area contributed by atoms with E-state index in [1.807, 2.05) is 17.7 Å². The third-order valence-corrected chi connectivity index (χ3v) is 11.1. The van der Waals surface area contributed by atoms with Gasteiger partial charge in [0.2, 0.25) is 0 Å². The average Bonchev–Trinajstić information content (AvgIpc) is 3.44. The quantitative estimate of drug-likeness (QED) is 0.549. The van der Waals surface area contributed by atoms with Gasteiger partial charge in [0.1, 0.15) is 11.8 Å². The van der Waals surface area contributed by atoms with Gasteiger partial charge in [-0.2, -0.15) is 10.4 Å². The van der Waals surface area contributed by atoms with Crippen LogP contribution in [0.4, 0.5) is 0 Å². The van der Waals surface area contributed by atoms with Gasteiger partial charge in [0.25, 0.3) is 0 Å². The molecule has 4 aliphatic rings. The van der Waals surface area contributed by atoms with Gasteiger partial charge in [-0.15, -0.1) is 0 Å². The van der Waals surface area contributed by atoms with E-state index in [2.05, 4.69) is 25.0 Å². The molecule has 1 heterocycles. The number of hydrogen-bond donors (Lipinski definition) is 1. The zero-order valence-electron chi connectivity index (χ0n) is 21.6. The molecule has 9 atom stereocenters. The van der Waals surface area contributed by atoms with E-state index >= 15 is 0 Å². The van der Waals surface area contributed by atoms with Gasteiger partial charge >= 0.3 is 0 Å². The van der Waals surface area contributed by atoms with Gasteiger partial charge in [-0.3, -0.25) is 4.68 Å². The summed E-state index contributed by atoms with van der Waals surface area (Å²) in [4.78, 5) is 0. The van der Waals surface area contributed by atoms with Crippen LogP contribution in [0.2, 0.25) is 0 Å². The van der Waals surface area contributed by atoms with Crippen molar-refractivity contribution in [3.8, 4) is 6.07 Å². The van der Waals surface area contributed by atoms with Gasteiger partial charge in [0, 0.05) is 13.2 Å². The predicted octanol–water partition coefficient (Wildman–Crippen LogP) is 5.82. The van der Waals surface area contributed by atoms with Crippen molar-refractivity contribution in [3.63, 3.8) is 0 Å². The average molecular weight is 468 g/mol. The number of ether oxygens (including phenoxy) is 1. The number of rotatable bonds is 7. The molecule has 1 aromatic rings. The number of nitriles is 1. The maximum atomic E-state index is 11.1. The van der Waals surface area contributed by atoms with Crippen molar-refractivity contribution in [1.82, 2.24) is 9.78 Å². The molecule has 5 nitrogen and oxygen atoms in total. The zero-order valence-corrected chi connectivity index (χ0v) is 21.6. The first-order valence-electron chi connectivity index (χ1n) is 14.1. The Kier molecular flexibility index (Phi) is 6.85. The minimum atomic E-state index is -0.589. The maximum absolute atomic E-state index is 11.1. The van der Waals surface area contributed by atoms with Gasteiger partial charge in [-0.05, 0) is 118 Å². The van der Waals surface area contributed by atoms with Crippen molar-refractivity contribution in [1.29, 1.82) is 5.26 Å². The Hall–Kier alpha value is -1.38. The monoisotopic (exact) mass is 467 g/mol. The van der Waals surface area contributed by atoms with E-state index in [0.717, 1.165) is 55.4 Å². The van der Waals surface area contributed by atoms with E-state index in [4.69, 9.17) is 4.74 Å². The van der Waals surface area contributed by atoms with Crippen LogP contribution in [0.3, 0.4) is 0 Å². The van der Waals surface area contributed by atoms with Gasteiger partial charge in [0.05, 0.1) is 18.4 Å². The lowest BCUT2D eigenvalue weighted by atomic mass is 9.48. The van der Waals surface area contributed by atoms with E-state index in [-0.39, 0.29) is 0 Å². The molecular weight excluding hydrogens is 422 g/mol. The van der Waals surface area contributed by atoms with Crippen molar-refractivity contribution >= 4 is 0 Å². The first-order chi connectivity index (χ1) is 16.4. The Balaban J connectivity index is 1.29. The van der Waals surface area contributed by atoms with Crippen molar-refractivity contribution in [2.45, 2.75) is 97.1 Å². The molecule has 1 aromatic heterocycles. The van der Waals surface area contributed by atoms with E-state index in [1.165, 1.54) is 44.9 Å². The molecule has 0 aliphatic heterocycles. The highest BCUT2D eigenvalue weighted by molar-refractivity contribution is 5.18. The Bertz CT molecular complexity index is 892. The maximum Gasteiger partial charge on any atom is 0.138 e. The summed E-state index contributed by atoms with van der Waals surface area (Å²) >= 11 is 0. The van der Waals surface area contributed by atoms with Gasteiger partial charge in [-0.1, -0.05) is 20.3 Å². The van der Waals surface area contributed by atoms with Crippen molar-refractivity contribution in [2.24, 2.45) is 46.8 Å². The summed E-state index contributed by atoms with van der Waals surface area (Å²) in [6.45, 7) is 9.07. The van der Waals surface area contributed by atoms with Crippen molar-refractivity contribution in [3.05, 3.63) is 18.0 Å². The summed E-state index contributed by atoms with van der Waals surface area (Å²) in [5.41, 5.74) is 0.537. The lowest BCUT2D eigenvalue weighted by molar-refractivity contribution is -0.130. The molecule has 1 N–H and O–H groups in total. The highest BCUT2D eigenvalue weighted by Gasteiger charge is 2.58. The van der Waals surface area contributed by atoms with Crippen LogP contribution in [-0.4, -0.2) is 33.7 Å². The normalized spacial score (nSPS) is 42.3. The van der Waals surface area contributed by atoms with Crippen LogP contribution < -0.4 is 0 Å². The van der Waals surface area contributed by atoms with Crippen LogP contribution in [0.5, 0.6) is 0 Å². The topological polar surface area (TPSA) is 71.1 Å². The Morgan fingerprint density at radius 1 is 1.15 bits per heavy atom. The van der Waals surface area contributed by atoms with Crippen LogP contribution in [0, 0.1) is 58.2 Å². The highest BCUT2D eigenvalue weighted by Crippen LogP contribution is 2.66. The summed E-state index contributed by atoms with van der Waals surface area (Å²) in [6, 6.07) is 4.16. The number of nitrogens with zero attached hydrogens (tertiary/aromatic N) is 3. The lowest BCUT2D eigenvalue weighted by Gasteiger charge is -2.57. The Morgan fingerprint density at radius 3 is 2.74 bits per heavy atom. The van der Waals surface area contributed by atoms with Crippen molar-refractivity contribution in [2.75, 3.05) is 13.2 Å². The smallest absolute Gasteiger partial charge is 0.138 e. The molecule has 5 rings (SSSR count). The zero-order chi connectivity index (χ0) is 23.9. The lowest BCUT2D eigenvalue weighted by Crippen LogP contribution is -2.52. The molecule has 0 radical (unpaired) electrons. The van der Waals surface area contributed by atoms with Gasteiger partial charge in [-0.25, -0.2) is 0 Å². The Morgan fingerprint density at radius 2 is 1.97 bits per heavy atom. The summed E-state index contributed by atoms with van der Waals surface area (Å²) in [7, 11) is 0. The molecule has 1 unspecified atom stereocenters. The molecule has 4 fully saturated rings. The second-order valence-corrected chi connectivity index (χ2v) is 12.4. The van der Waals surface area contributed by atoms with E-state index in [0.29, 0.717) is 36.2 Å². The fourth-order valence-corrected chi connectivity index (χ4v) is 9.54. The van der Waals surface area contributed by atoms with Crippen LogP contribution in [-0.2, 0) is 11.3 Å². The van der Waals surface area contributed by atoms with Gasteiger partial charge in [0.15, 0.2) is 0 Å². The van der Waals surface area contributed by atoms with Crippen molar-refractivity contribution < 1.29 is 9.84 Å². The van der Waals surface area contributed by atoms with E-state index < -0.39 is 5.60 Å². The molecule has 0 bridgehead atoms. The summed E-state index contributed by atoms with van der Waals surface area (Å²) in [5, 5.41) is 25.1. The van der Waals surface area contributed by atoms with Crippen LogP contribution in [0.1, 0.15) is 90.7 Å². The second kappa shape index (κ2) is 9.58. The fraction of sp³-hybridized carbons (Fsp3) is 0.862. The van der Waals surface area contributed by atoms with Crippen LogP contribution in [0.25, 0.3) is 0 Å². The number of aromatic nitrogens is 2. The molecule has 0 amide bonds. The molecule has 0 spiro atoms. The molecule has 4 aliphatic carbocycles. The molecule has 5 heteroatoms. The van der Waals surface area contributed by atoms with Crippen LogP contribution in [0.15, 0.2) is 12.3 Å². The summed E-state index contributed by atoms with van der Waals surface area (Å²) < 4.78 is 7.61. The number of aliphatic hydroxyl groups is 1. The SMILES string of the molecule is CCOC[C@@]1(O)CC[C@H]2[C@H](CC[C@@H]3[C@@H]2CC[C@]2(C)C([C@@H](CC)Cn4nccc4C#N)CC[C@@H]32)C1. The third-order valence-electron chi connectivity index (χ3n) is 11.1. The molecule has 188 valence electrons. The predicted molar refractivity (Wildman–Crippen MR) is 133 cm³/mol. The molecular formula is C29H45N3O2. The minimum absolute atomic E-state index is 0.430. The van der Waals surface area contributed by atoms with Crippen LogP contribution >= 0.6 is 0 Å². The first kappa shape index (κ1) is 24.3. The summed E-state index contributed by atoms with van der Waals surface area (Å²) in [5.74, 6) is 5.42. The first-order valence-corrected chi connectivity index (χ1v) is 14.1. The molecule has 0 aromatic carbocycles. The third kappa shape index (κ3) is 4.13. The Labute approximate surface area is 206 Å². The largest absolute Gasteiger partial charge is 0.387 e. The molecule has 0 saturated heterocycles. The molecule has 4 saturated carbocycles. The fourth-order valence-electron chi connectivity index (χ4n) is 9.54. The summed E-state index contributed by atoms with van der Waals surface area (Å²) in [6.07, 6.45) is 14.1. The van der Waals surface area contributed by atoms with Gasteiger partial charge < -0.3 is 9.84 Å². The number of hydrogen-bond acceptors (Lipinski definition) is 4. The number of fused-ring (bicyclic) bond motifs is 5. The van der Waals surface area contributed by atoms with E-state index in [9.17, 15) is 10.4 Å². The minimum Gasteiger partial charge on any atom is -0.387 e.